The standard InChI is InChI=1S/C28H31N5O4/c1-36-22-8-6-21(7-9-22)33-25-23(24(30-33)26(29)34)10-13-32(27(25)35)20-4-2-19(3-5-20)28(11-12-28)18-31-14-16-37-17-15-31/h2-9H,10-18H2,1H3,(H2,29,34). The molecule has 0 unspecified atom stereocenters. The second kappa shape index (κ2) is 9.32. The molecule has 37 heavy (non-hydrogen) atoms. The van der Waals surface area contributed by atoms with E-state index in [1.54, 1.807) is 36.3 Å². The van der Waals surface area contributed by atoms with Gasteiger partial charge in [-0.2, -0.15) is 5.10 Å². The molecule has 1 saturated carbocycles. The molecule has 2 fully saturated rings. The van der Waals surface area contributed by atoms with E-state index in [1.807, 2.05) is 12.1 Å². The van der Waals surface area contributed by atoms with Crippen molar-refractivity contribution in [1.82, 2.24) is 14.7 Å². The summed E-state index contributed by atoms with van der Waals surface area (Å²) in [5.74, 6) is -0.140. The van der Waals surface area contributed by atoms with E-state index >= 15 is 0 Å². The second-order valence-corrected chi connectivity index (χ2v) is 10.1. The van der Waals surface area contributed by atoms with Crippen molar-refractivity contribution >= 4 is 17.5 Å². The lowest BCUT2D eigenvalue weighted by molar-refractivity contribution is 0.0336. The molecule has 1 aliphatic carbocycles. The topological polar surface area (TPSA) is 103 Å². The monoisotopic (exact) mass is 501 g/mol. The normalized spacial score (nSPS) is 18.9. The molecule has 0 radical (unpaired) electrons. The third-order valence-electron chi connectivity index (χ3n) is 7.84. The Labute approximate surface area is 215 Å². The maximum Gasteiger partial charge on any atom is 0.277 e. The van der Waals surface area contributed by atoms with Gasteiger partial charge in [-0.25, -0.2) is 4.68 Å². The van der Waals surface area contributed by atoms with Gasteiger partial charge in [0.25, 0.3) is 11.8 Å². The SMILES string of the molecule is COc1ccc(-n2nc(C(N)=O)c3c2C(=O)N(c2ccc(C4(CN5CCOCC5)CC4)cc2)CC3)cc1. The number of carbonyl (C=O) groups is 2. The summed E-state index contributed by atoms with van der Waals surface area (Å²) in [6.45, 7) is 5.09. The fourth-order valence-corrected chi connectivity index (χ4v) is 5.59. The number of nitrogens with zero attached hydrogens (tertiary/aromatic N) is 4. The predicted octanol–water partition coefficient (Wildman–Crippen LogP) is 2.55. The van der Waals surface area contributed by atoms with Gasteiger partial charge < -0.3 is 20.1 Å². The maximum absolute atomic E-state index is 13.8. The molecular weight excluding hydrogens is 470 g/mol. The number of amides is 2. The quantitative estimate of drug-likeness (QED) is 0.534. The molecule has 0 bridgehead atoms. The van der Waals surface area contributed by atoms with Crippen molar-refractivity contribution in [2.75, 3.05) is 51.4 Å². The van der Waals surface area contributed by atoms with Crippen LogP contribution in [0.25, 0.3) is 5.69 Å². The fraction of sp³-hybridized carbons (Fsp3) is 0.393. The van der Waals surface area contributed by atoms with Crippen molar-refractivity contribution in [3.8, 4) is 11.4 Å². The Morgan fingerprint density at radius 2 is 1.70 bits per heavy atom. The van der Waals surface area contributed by atoms with Gasteiger partial charge in [0.15, 0.2) is 5.69 Å². The molecule has 0 atom stereocenters. The number of nitrogens with two attached hydrogens (primary N) is 1. The molecule has 9 nitrogen and oxygen atoms in total. The zero-order valence-corrected chi connectivity index (χ0v) is 21.0. The Hall–Kier alpha value is -3.69. The first-order chi connectivity index (χ1) is 18.0. The lowest BCUT2D eigenvalue weighted by Gasteiger charge is -2.31. The minimum absolute atomic E-state index is 0.146. The van der Waals surface area contributed by atoms with Gasteiger partial charge in [0.1, 0.15) is 11.4 Å². The smallest absolute Gasteiger partial charge is 0.277 e. The third kappa shape index (κ3) is 4.28. The van der Waals surface area contributed by atoms with Crippen LogP contribution in [0.5, 0.6) is 5.75 Å². The molecule has 2 aliphatic heterocycles. The fourth-order valence-electron chi connectivity index (χ4n) is 5.59. The number of fused-ring (bicyclic) bond motifs is 1. The van der Waals surface area contributed by atoms with Crippen LogP contribution in [0.3, 0.4) is 0 Å². The highest BCUT2D eigenvalue weighted by atomic mass is 16.5. The first-order valence-corrected chi connectivity index (χ1v) is 12.8. The Balaban J connectivity index is 1.28. The number of anilines is 1. The van der Waals surface area contributed by atoms with E-state index in [9.17, 15) is 9.59 Å². The van der Waals surface area contributed by atoms with Crippen molar-refractivity contribution in [1.29, 1.82) is 0 Å². The number of benzene rings is 2. The molecule has 6 rings (SSSR count). The van der Waals surface area contributed by atoms with Crippen LogP contribution in [0.2, 0.25) is 0 Å². The summed E-state index contributed by atoms with van der Waals surface area (Å²) in [7, 11) is 1.59. The third-order valence-corrected chi connectivity index (χ3v) is 7.84. The number of hydrogen-bond acceptors (Lipinski definition) is 6. The summed E-state index contributed by atoms with van der Waals surface area (Å²) in [6, 6.07) is 15.6. The van der Waals surface area contributed by atoms with Gasteiger partial charge in [-0.3, -0.25) is 14.5 Å². The zero-order chi connectivity index (χ0) is 25.6. The highest BCUT2D eigenvalue weighted by Gasteiger charge is 2.45. The van der Waals surface area contributed by atoms with Crippen LogP contribution in [0.4, 0.5) is 5.69 Å². The van der Waals surface area contributed by atoms with E-state index in [1.165, 1.54) is 23.1 Å². The molecule has 0 spiro atoms. The highest BCUT2D eigenvalue weighted by molar-refractivity contribution is 6.09. The van der Waals surface area contributed by atoms with E-state index in [4.69, 9.17) is 15.2 Å². The lowest BCUT2D eigenvalue weighted by Crippen LogP contribution is -2.41. The molecule has 2 N–H and O–H groups in total. The Morgan fingerprint density at radius 1 is 1.03 bits per heavy atom. The molecular formula is C28H31N5O4. The average molecular weight is 502 g/mol. The van der Waals surface area contributed by atoms with Crippen LogP contribution in [-0.4, -0.2) is 73.0 Å². The van der Waals surface area contributed by atoms with E-state index in [0.717, 1.165) is 38.5 Å². The van der Waals surface area contributed by atoms with E-state index in [0.29, 0.717) is 35.7 Å². The minimum atomic E-state index is -0.635. The largest absolute Gasteiger partial charge is 0.497 e. The van der Waals surface area contributed by atoms with Crippen molar-refractivity contribution in [3.63, 3.8) is 0 Å². The number of aromatic nitrogens is 2. The van der Waals surface area contributed by atoms with Crippen molar-refractivity contribution in [2.45, 2.75) is 24.7 Å². The van der Waals surface area contributed by atoms with Gasteiger partial charge >= 0.3 is 0 Å². The maximum atomic E-state index is 13.8. The summed E-state index contributed by atoms with van der Waals surface area (Å²) < 4.78 is 12.3. The molecule has 3 heterocycles. The minimum Gasteiger partial charge on any atom is -0.497 e. The van der Waals surface area contributed by atoms with Crippen molar-refractivity contribution in [2.24, 2.45) is 5.73 Å². The summed E-state index contributed by atoms with van der Waals surface area (Å²) in [4.78, 5) is 30.2. The van der Waals surface area contributed by atoms with Gasteiger partial charge in [0.2, 0.25) is 0 Å². The van der Waals surface area contributed by atoms with Crippen LogP contribution in [0.15, 0.2) is 48.5 Å². The first kappa shape index (κ1) is 23.7. The van der Waals surface area contributed by atoms with E-state index in [-0.39, 0.29) is 17.0 Å². The Kier molecular flexibility index (Phi) is 5.97. The summed E-state index contributed by atoms with van der Waals surface area (Å²) in [6.07, 6.45) is 2.87. The van der Waals surface area contributed by atoms with Gasteiger partial charge in [-0.1, -0.05) is 12.1 Å². The predicted molar refractivity (Wildman–Crippen MR) is 139 cm³/mol. The van der Waals surface area contributed by atoms with Crippen molar-refractivity contribution in [3.05, 3.63) is 71.0 Å². The molecule has 9 heteroatoms. The van der Waals surface area contributed by atoms with Gasteiger partial charge in [-0.15, -0.1) is 0 Å². The molecule has 3 aromatic rings. The molecule has 192 valence electrons. The second-order valence-electron chi connectivity index (χ2n) is 10.1. The van der Waals surface area contributed by atoms with Crippen LogP contribution in [0.1, 0.15) is 44.9 Å². The molecule has 3 aliphatic rings. The molecule has 1 aromatic heterocycles. The molecule has 2 aromatic carbocycles. The van der Waals surface area contributed by atoms with E-state index in [2.05, 4.69) is 22.1 Å². The number of morpholine rings is 1. The van der Waals surface area contributed by atoms with Crippen molar-refractivity contribution < 1.29 is 19.1 Å². The zero-order valence-electron chi connectivity index (χ0n) is 21.0. The van der Waals surface area contributed by atoms with Crippen LogP contribution >= 0.6 is 0 Å². The number of hydrogen-bond donors (Lipinski definition) is 1. The average Bonchev–Trinajstić information content (AvgIpc) is 3.59. The lowest BCUT2D eigenvalue weighted by atomic mass is 9.94. The Morgan fingerprint density at radius 3 is 2.32 bits per heavy atom. The van der Waals surface area contributed by atoms with Crippen LogP contribution in [-0.2, 0) is 16.6 Å². The Bertz CT molecular complexity index is 1320. The number of methoxy groups -OCH3 is 1. The summed E-state index contributed by atoms with van der Waals surface area (Å²) >= 11 is 0. The summed E-state index contributed by atoms with van der Waals surface area (Å²) in [5.41, 5.74) is 9.78. The number of ether oxygens (including phenoxy) is 2. The van der Waals surface area contributed by atoms with Crippen LogP contribution < -0.4 is 15.4 Å². The van der Waals surface area contributed by atoms with Gasteiger partial charge in [-0.05, 0) is 61.2 Å². The van der Waals surface area contributed by atoms with Gasteiger partial charge in [0, 0.05) is 42.8 Å². The summed E-state index contributed by atoms with van der Waals surface area (Å²) in [5, 5.41) is 4.45. The first-order valence-electron chi connectivity index (χ1n) is 12.8. The highest BCUT2D eigenvalue weighted by Crippen LogP contribution is 2.49. The molecule has 2 amide bonds. The van der Waals surface area contributed by atoms with Gasteiger partial charge in [0.05, 0.1) is 26.0 Å². The number of primary amides is 1. The molecule has 1 saturated heterocycles. The van der Waals surface area contributed by atoms with E-state index < -0.39 is 5.91 Å². The number of carbonyl (C=O) groups excluding carboxylic acids is 2. The number of rotatable bonds is 7. The van der Waals surface area contributed by atoms with Crippen LogP contribution in [0, 0.1) is 0 Å².